The Hall–Kier alpha value is -1.39. The van der Waals surface area contributed by atoms with Crippen molar-refractivity contribution in [3.05, 3.63) is 17.7 Å². The van der Waals surface area contributed by atoms with Gasteiger partial charge in [-0.3, -0.25) is 0 Å². The third kappa shape index (κ3) is 3.05. The number of hydrogen-bond acceptors (Lipinski definition) is 3. The van der Waals surface area contributed by atoms with Gasteiger partial charge in [0.05, 0.1) is 0 Å². The molecular weight excluding hydrogens is 212 g/mol. The van der Waals surface area contributed by atoms with Crippen molar-refractivity contribution in [2.75, 3.05) is 17.2 Å². The predicted octanol–water partition coefficient (Wildman–Crippen LogP) is 3.00. The first-order valence-electron chi connectivity index (χ1n) is 5.44. The van der Waals surface area contributed by atoms with Crippen LogP contribution >= 0.6 is 0 Å². The van der Waals surface area contributed by atoms with E-state index in [9.17, 15) is 8.78 Å². The van der Waals surface area contributed by atoms with Crippen LogP contribution in [0.3, 0.4) is 0 Å². The van der Waals surface area contributed by atoms with E-state index in [1.165, 1.54) is 0 Å². The summed E-state index contributed by atoms with van der Waals surface area (Å²) in [5.74, 6) is -1.17. The Bertz CT molecular complexity index is 355. The van der Waals surface area contributed by atoms with Gasteiger partial charge in [-0.15, -0.1) is 0 Å². The van der Waals surface area contributed by atoms with Crippen molar-refractivity contribution >= 4 is 11.6 Å². The number of halogens is 2. The average Bonchev–Trinajstić information content (AvgIpc) is 2.25. The quantitative estimate of drug-likeness (QED) is 0.815. The Kier molecular flexibility index (Phi) is 4.46. The summed E-state index contributed by atoms with van der Waals surface area (Å²) in [6.07, 6.45) is 0.842. The van der Waals surface area contributed by atoms with Crippen LogP contribution in [0.1, 0.15) is 27.2 Å². The van der Waals surface area contributed by atoms with E-state index < -0.39 is 11.6 Å². The van der Waals surface area contributed by atoms with Crippen LogP contribution in [-0.2, 0) is 0 Å². The van der Waals surface area contributed by atoms with Crippen LogP contribution < -0.4 is 10.6 Å². The van der Waals surface area contributed by atoms with Gasteiger partial charge >= 0.3 is 0 Å². The van der Waals surface area contributed by atoms with Gasteiger partial charge in [0.2, 0.25) is 0 Å². The number of hydrogen-bond donors (Lipinski definition) is 2. The van der Waals surface area contributed by atoms with E-state index in [1.54, 1.807) is 0 Å². The van der Waals surface area contributed by atoms with Crippen LogP contribution in [-0.4, -0.2) is 17.6 Å². The largest absolute Gasteiger partial charge is 0.368 e. The monoisotopic (exact) mass is 229 g/mol. The molecule has 0 radical (unpaired) electrons. The van der Waals surface area contributed by atoms with Crippen molar-refractivity contribution in [1.82, 2.24) is 4.98 Å². The van der Waals surface area contributed by atoms with Crippen LogP contribution in [0.25, 0.3) is 0 Å². The van der Waals surface area contributed by atoms with Crippen LogP contribution in [0.5, 0.6) is 0 Å². The van der Waals surface area contributed by atoms with Crippen LogP contribution in [0.2, 0.25) is 0 Å². The highest BCUT2D eigenvalue weighted by molar-refractivity contribution is 5.47. The molecule has 16 heavy (non-hydrogen) atoms. The smallest absolute Gasteiger partial charge is 0.168 e. The van der Waals surface area contributed by atoms with Gasteiger partial charge in [0.25, 0.3) is 0 Å². The fraction of sp³-hybridized carbons (Fsp3) is 0.545. The molecule has 5 heteroatoms. The first kappa shape index (κ1) is 12.7. The van der Waals surface area contributed by atoms with Gasteiger partial charge in [-0.25, -0.2) is 13.8 Å². The molecule has 1 aromatic rings. The zero-order chi connectivity index (χ0) is 12.1. The highest BCUT2D eigenvalue weighted by atomic mass is 19.1. The van der Waals surface area contributed by atoms with Gasteiger partial charge in [-0.05, 0) is 20.3 Å². The Balaban J connectivity index is 2.95. The van der Waals surface area contributed by atoms with Gasteiger partial charge in [0.15, 0.2) is 23.3 Å². The first-order chi connectivity index (χ1) is 7.58. The molecule has 0 amide bonds. The van der Waals surface area contributed by atoms with Crippen LogP contribution in [0.4, 0.5) is 20.4 Å². The zero-order valence-electron chi connectivity index (χ0n) is 9.77. The number of aromatic nitrogens is 1. The van der Waals surface area contributed by atoms with Crippen molar-refractivity contribution in [2.45, 2.75) is 33.2 Å². The Morgan fingerprint density at radius 1 is 1.25 bits per heavy atom. The summed E-state index contributed by atoms with van der Waals surface area (Å²) in [4.78, 5) is 3.88. The lowest BCUT2D eigenvalue weighted by molar-refractivity contribution is 0.575. The Morgan fingerprint density at radius 3 is 2.44 bits per heavy atom. The molecule has 0 aromatic carbocycles. The third-order valence-corrected chi connectivity index (χ3v) is 2.27. The SMILES string of the molecule is CCNc1nc(NC(C)CC)c(F)cc1F. The second-order valence-electron chi connectivity index (χ2n) is 3.63. The highest BCUT2D eigenvalue weighted by Gasteiger charge is 2.12. The molecule has 0 aliphatic heterocycles. The lowest BCUT2D eigenvalue weighted by Crippen LogP contribution is -2.17. The number of pyridine rings is 1. The number of anilines is 2. The summed E-state index contributed by atoms with van der Waals surface area (Å²) in [6.45, 7) is 6.26. The average molecular weight is 229 g/mol. The van der Waals surface area contributed by atoms with Gasteiger partial charge in [-0.1, -0.05) is 6.92 Å². The highest BCUT2D eigenvalue weighted by Crippen LogP contribution is 2.19. The van der Waals surface area contributed by atoms with Gasteiger partial charge in [0.1, 0.15) is 0 Å². The van der Waals surface area contributed by atoms with E-state index >= 15 is 0 Å². The number of nitrogens with one attached hydrogen (secondary N) is 2. The van der Waals surface area contributed by atoms with E-state index in [1.807, 2.05) is 20.8 Å². The molecule has 0 saturated heterocycles. The minimum atomic E-state index is -0.672. The second-order valence-corrected chi connectivity index (χ2v) is 3.63. The molecule has 0 bridgehead atoms. The van der Waals surface area contributed by atoms with E-state index in [2.05, 4.69) is 15.6 Å². The lowest BCUT2D eigenvalue weighted by Gasteiger charge is -2.14. The standard InChI is InChI=1S/C11H17F2N3/c1-4-7(3)15-11-9(13)6-8(12)10(16-11)14-5-2/h6-7H,4-5H2,1-3H3,(H2,14,15,16). The molecule has 1 aromatic heterocycles. The van der Waals surface area contributed by atoms with E-state index in [4.69, 9.17) is 0 Å². The summed E-state index contributed by atoms with van der Waals surface area (Å²) in [7, 11) is 0. The van der Waals surface area contributed by atoms with Crippen LogP contribution in [0, 0.1) is 11.6 Å². The van der Waals surface area contributed by atoms with E-state index in [0.717, 1.165) is 12.5 Å². The summed E-state index contributed by atoms with van der Waals surface area (Å²) in [5, 5.41) is 5.63. The maximum Gasteiger partial charge on any atom is 0.168 e. The van der Waals surface area contributed by atoms with Crippen molar-refractivity contribution in [3.8, 4) is 0 Å². The summed E-state index contributed by atoms with van der Waals surface area (Å²) in [5.41, 5.74) is 0. The third-order valence-electron chi connectivity index (χ3n) is 2.27. The molecular formula is C11H17F2N3. The molecule has 0 fully saturated rings. The molecule has 0 aliphatic carbocycles. The molecule has 90 valence electrons. The maximum absolute atomic E-state index is 13.4. The van der Waals surface area contributed by atoms with Crippen molar-refractivity contribution < 1.29 is 8.78 Å². The molecule has 0 aliphatic rings. The minimum absolute atomic E-state index is 0.0784. The predicted molar refractivity (Wildman–Crippen MR) is 61.7 cm³/mol. The van der Waals surface area contributed by atoms with E-state index in [-0.39, 0.29) is 17.7 Å². The number of rotatable bonds is 5. The topological polar surface area (TPSA) is 37.0 Å². The first-order valence-corrected chi connectivity index (χ1v) is 5.44. The Labute approximate surface area is 94.3 Å². The zero-order valence-corrected chi connectivity index (χ0v) is 9.77. The maximum atomic E-state index is 13.4. The lowest BCUT2D eigenvalue weighted by atomic mass is 10.2. The molecule has 3 nitrogen and oxygen atoms in total. The fourth-order valence-corrected chi connectivity index (χ4v) is 1.19. The molecule has 1 rings (SSSR count). The molecule has 1 atom stereocenters. The molecule has 1 heterocycles. The van der Waals surface area contributed by atoms with E-state index in [0.29, 0.717) is 6.54 Å². The van der Waals surface area contributed by atoms with Gasteiger partial charge in [-0.2, -0.15) is 0 Å². The van der Waals surface area contributed by atoms with Crippen molar-refractivity contribution in [1.29, 1.82) is 0 Å². The molecule has 1 unspecified atom stereocenters. The van der Waals surface area contributed by atoms with Gasteiger partial charge in [0, 0.05) is 18.7 Å². The summed E-state index contributed by atoms with van der Waals surface area (Å²) in [6, 6.07) is 0.942. The number of nitrogens with zero attached hydrogens (tertiary/aromatic N) is 1. The van der Waals surface area contributed by atoms with Crippen molar-refractivity contribution in [2.24, 2.45) is 0 Å². The summed E-state index contributed by atoms with van der Waals surface area (Å²) >= 11 is 0. The normalized spacial score (nSPS) is 12.3. The summed E-state index contributed by atoms with van der Waals surface area (Å²) < 4.78 is 26.6. The van der Waals surface area contributed by atoms with Crippen molar-refractivity contribution in [3.63, 3.8) is 0 Å². The fourth-order valence-electron chi connectivity index (χ4n) is 1.19. The molecule has 0 saturated carbocycles. The van der Waals surface area contributed by atoms with Gasteiger partial charge < -0.3 is 10.6 Å². The molecule has 0 spiro atoms. The molecule has 2 N–H and O–H groups in total. The second kappa shape index (κ2) is 5.63. The Morgan fingerprint density at radius 2 is 1.88 bits per heavy atom. The van der Waals surface area contributed by atoms with Crippen LogP contribution in [0.15, 0.2) is 6.07 Å². The minimum Gasteiger partial charge on any atom is -0.368 e.